The Balaban J connectivity index is 1.39. The molecule has 0 fully saturated rings. The molecule has 2 aliphatic rings. The molecule has 0 aliphatic heterocycles. The van der Waals surface area contributed by atoms with Gasteiger partial charge in [-0.25, -0.2) is 9.97 Å². The van der Waals surface area contributed by atoms with Crippen LogP contribution in [0.15, 0.2) is 85.2 Å². The van der Waals surface area contributed by atoms with Gasteiger partial charge in [0.25, 0.3) is 0 Å². The summed E-state index contributed by atoms with van der Waals surface area (Å²) >= 11 is 0. The zero-order valence-corrected chi connectivity index (χ0v) is 18.8. The Morgan fingerprint density at radius 2 is 1.29 bits per heavy atom. The lowest BCUT2D eigenvalue weighted by molar-refractivity contribution is 1.16. The topological polar surface area (TPSA) is 43.1 Å². The maximum atomic E-state index is 5.12. The van der Waals surface area contributed by atoms with E-state index in [1.807, 2.05) is 24.5 Å². The first kappa shape index (κ1) is 17.8. The Bertz CT molecular complexity index is 2070. The molecule has 35 heavy (non-hydrogen) atoms. The highest BCUT2D eigenvalue weighted by molar-refractivity contribution is 6.11. The molecule has 0 spiro atoms. The van der Waals surface area contributed by atoms with Gasteiger partial charge in [0.05, 0.1) is 16.6 Å². The van der Waals surface area contributed by atoms with Crippen LogP contribution in [0.2, 0.25) is 0 Å². The number of nitrogens with zero attached hydrogens (tertiary/aromatic N) is 4. The van der Waals surface area contributed by atoms with Crippen molar-refractivity contribution in [3.63, 3.8) is 0 Å². The van der Waals surface area contributed by atoms with Gasteiger partial charge < -0.3 is 0 Å². The van der Waals surface area contributed by atoms with Gasteiger partial charge in [0.1, 0.15) is 11.3 Å². The number of benzene rings is 3. The molecule has 0 radical (unpaired) electrons. The van der Waals surface area contributed by atoms with Crippen LogP contribution in [0.1, 0.15) is 22.3 Å². The molecule has 4 aromatic heterocycles. The van der Waals surface area contributed by atoms with Crippen LogP contribution < -0.4 is 0 Å². The van der Waals surface area contributed by atoms with E-state index in [4.69, 9.17) is 15.0 Å². The van der Waals surface area contributed by atoms with Gasteiger partial charge in [0, 0.05) is 29.6 Å². The molecule has 3 aromatic carbocycles. The minimum Gasteiger partial charge on any atom is -0.275 e. The van der Waals surface area contributed by atoms with Crippen LogP contribution in [0.4, 0.5) is 0 Å². The predicted molar refractivity (Wildman–Crippen MR) is 140 cm³/mol. The molecule has 4 heteroatoms. The second kappa shape index (κ2) is 6.10. The third kappa shape index (κ3) is 2.11. The zero-order valence-electron chi connectivity index (χ0n) is 18.8. The van der Waals surface area contributed by atoms with Crippen molar-refractivity contribution in [3.8, 4) is 22.3 Å². The summed E-state index contributed by atoms with van der Waals surface area (Å²) in [5.41, 5.74) is 16.2. The van der Waals surface area contributed by atoms with E-state index in [0.29, 0.717) is 0 Å². The lowest BCUT2D eigenvalue weighted by Crippen LogP contribution is -1.97. The average molecular weight is 447 g/mol. The van der Waals surface area contributed by atoms with Gasteiger partial charge >= 0.3 is 0 Å². The number of rotatable bonds is 0. The third-order valence-electron chi connectivity index (χ3n) is 7.98. The van der Waals surface area contributed by atoms with E-state index >= 15 is 0 Å². The van der Waals surface area contributed by atoms with Crippen molar-refractivity contribution in [1.29, 1.82) is 0 Å². The smallest absolute Gasteiger partial charge is 0.149 e. The van der Waals surface area contributed by atoms with Crippen molar-refractivity contribution in [2.75, 3.05) is 0 Å². The van der Waals surface area contributed by atoms with Gasteiger partial charge in [-0.05, 0) is 81.3 Å². The molecule has 162 valence electrons. The predicted octanol–water partition coefficient (Wildman–Crippen LogP) is 6.73. The molecular formula is C31H18N4. The second-order valence-corrected chi connectivity index (χ2v) is 9.63. The molecule has 0 unspecified atom stereocenters. The molecule has 0 atom stereocenters. The molecule has 0 saturated heterocycles. The van der Waals surface area contributed by atoms with Crippen molar-refractivity contribution in [2.45, 2.75) is 12.8 Å². The lowest BCUT2D eigenvalue weighted by atomic mass is 9.96. The van der Waals surface area contributed by atoms with Crippen molar-refractivity contribution < 1.29 is 0 Å². The van der Waals surface area contributed by atoms with Gasteiger partial charge in [-0.3, -0.25) is 9.38 Å². The van der Waals surface area contributed by atoms with Crippen LogP contribution in [0, 0.1) is 0 Å². The van der Waals surface area contributed by atoms with E-state index in [1.54, 1.807) is 0 Å². The molecular weight excluding hydrogens is 428 g/mol. The highest BCUT2D eigenvalue weighted by Crippen LogP contribution is 2.48. The minimum atomic E-state index is 0.915. The SMILES string of the molecule is c1ccc2c(c1)Cc1c-2ccc2c1Cc1c-2ccc2nc3c4cccnc4c4cccnc4n3c12. The van der Waals surface area contributed by atoms with E-state index in [1.165, 1.54) is 50.0 Å². The Morgan fingerprint density at radius 3 is 2.20 bits per heavy atom. The first-order chi connectivity index (χ1) is 17.4. The Kier molecular flexibility index (Phi) is 3.11. The fourth-order valence-electron chi connectivity index (χ4n) is 6.52. The van der Waals surface area contributed by atoms with E-state index in [2.05, 4.69) is 65.1 Å². The van der Waals surface area contributed by atoms with Gasteiger partial charge in [0.2, 0.25) is 0 Å². The number of fused-ring (bicyclic) bond motifs is 16. The van der Waals surface area contributed by atoms with Gasteiger partial charge in [-0.1, -0.05) is 42.5 Å². The molecule has 4 heterocycles. The summed E-state index contributed by atoms with van der Waals surface area (Å²) in [6, 6.07) is 26.1. The minimum absolute atomic E-state index is 0.915. The second-order valence-electron chi connectivity index (χ2n) is 9.63. The normalized spacial score (nSPS) is 13.5. The summed E-state index contributed by atoms with van der Waals surface area (Å²) in [5.74, 6) is 0. The molecule has 0 amide bonds. The molecule has 0 bridgehead atoms. The van der Waals surface area contributed by atoms with Crippen LogP contribution in [0.3, 0.4) is 0 Å². The van der Waals surface area contributed by atoms with Crippen molar-refractivity contribution in [3.05, 3.63) is 107 Å². The fourth-order valence-corrected chi connectivity index (χ4v) is 6.52. The summed E-state index contributed by atoms with van der Waals surface area (Å²) in [6.45, 7) is 0. The first-order valence-corrected chi connectivity index (χ1v) is 12.1. The Morgan fingerprint density at radius 1 is 0.571 bits per heavy atom. The van der Waals surface area contributed by atoms with Crippen LogP contribution >= 0.6 is 0 Å². The Hall–Kier alpha value is -4.57. The van der Waals surface area contributed by atoms with E-state index in [0.717, 1.165) is 45.9 Å². The third-order valence-corrected chi connectivity index (χ3v) is 7.98. The number of pyridine rings is 3. The standard InChI is InChI=1S/C31H18N4/c1-2-6-18-17(5-1)15-24-19(18)9-10-20-21-11-12-27-29(26(21)16-25(20)24)35-30-22(7-4-14-33-30)28-23(31(35)34-27)8-3-13-32-28/h1-14H,15-16H2. The largest absolute Gasteiger partial charge is 0.275 e. The first-order valence-electron chi connectivity index (χ1n) is 12.1. The summed E-state index contributed by atoms with van der Waals surface area (Å²) in [5, 5.41) is 2.11. The highest BCUT2D eigenvalue weighted by Gasteiger charge is 2.30. The Labute approximate surface area is 200 Å². The van der Waals surface area contributed by atoms with Crippen LogP contribution in [-0.2, 0) is 12.8 Å². The van der Waals surface area contributed by atoms with Crippen LogP contribution in [-0.4, -0.2) is 19.4 Å². The maximum absolute atomic E-state index is 5.12. The molecule has 0 N–H and O–H groups in total. The number of hydrogen-bond donors (Lipinski definition) is 0. The average Bonchev–Trinajstić information content (AvgIpc) is 3.59. The quantitative estimate of drug-likeness (QED) is 0.243. The molecule has 9 rings (SSSR count). The van der Waals surface area contributed by atoms with E-state index in [9.17, 15) is 0 Å². The van der Waals surface area contributed by atoms with Gasteiger partial charge in [-0.15, -0.1) is 0 Å². The monoisotopic (exact) mass is 446 g/mol. The van der Waals surface area contributed by atoms with Gasteiger partial charge in [0.15, 0.2) is 0 Å². The fraction of sp³-hybridized carbons (Fsp3) is 0.0645. The summed E-state index contributed by atoms with van der Waals surface area (Å²) in [6.07, 6.45) is 5.65. The number of aromatic nitrogens is 4. The molecule has 0 saturated carbocycles. The van der Waals surface area contributed by atoms with E-state index < -0.39 is 0 Å². The van der Waals surface area contributed by atoms with Crippen LogP contribution in [0.5, 0.6) is 0 Å². The zero-order chi connectivity index (χ0) is 22.7. The van der Waals surface area contributed by atoms with Crippen molar-refractivity contribution >= 4 is 38.6 Å². The lowest BCUT2D eigenvalue weighted by Gasteiger charge is -2.08. The molecule has 2 aliphatic carbocycles. The van der Waals surface area contributed by atoms with Crippen LogP contribution in [0.25, 0.3) is 60.9 Å². The summed E-state index contributed by atoms with van der Waals surface area (Å²) in [4.78, 5) is 14.6. The molecule has 7 aromatic rings. The highest BCUT2D eigenvalue weighted by atomic mass is 15.1. The summed E-state index contributed by atoms with van der Waals surface area (Å²) in [7, 11) is 0. The number of imidazole rings is 1. The van der Waals surface area contributed by atoms with Crippen molar-refractivity contribution in [1.82, 2.24) is 19.4 Å². The summed E-state index contributed by atoms with van der Waals surface area (Å²) < 4.78 is 2.27. The van der Waals surface area contributed by atoms with Crippen molar-refractivity contribution in [2.24, 2.45) is 0 Å². The number of hydrogen-bond acceptors (Lipinski definition) is 3. The maximum Gasteiger partial charge on any atom is 0.149 e. The van der Waals surface area contributed by atoms with Gasteiger partial charge in [-0.2, -0.15) is 0 Å². The molecule has 4 nitrogen and oxygen atoms in total. The van der Waals surface area contributed by atoms with E-state index in [-0.39, 0.29) is 0 Å².